The van der Waals surface area contributed by atoms with Crippen molar-refractivity contribution in [3.05, 3.63) is 29.9 Å². The number of carbonyl (C=O) groups excluding carboxylic acids is 1. The van der Waals surface area contributed by atoms with Crippen molar-refractivity contribution in [2.45, 2.75) is 18.8 Å². The Balaban J connectivity index is 1.96. The molecular weight excluding hydrogens is 206 g/mol. The lowest BCUT2D eigenvalue weighted by Crippen LogP contribution is -1.85. The van der Waals surface area contributed by atoms with E-state index in [1.165, 1.54) is 6.20 Å². The predicted molar refractivity (Wildman–Crippen MR) is 54.9 cm³/mol. The Kier molecular flexibility index (Phi) is 2.02. The van der Waals surface area contributed by atoms with Crippen LogP contribution in [0.2, 0.25) is 0 Å². The van der Waals surface area contributed by atoms with Crippen molar-refractivity contribution in [3.63, 3.8) is 0 Å². The van der Waals surface area contributed by atoms with Crippen molar-refractivity contribution in [2.75, 3.05) is 0 Å². The maximum absolute atomic E-state index is 10.6. The molecule has 80 valence electrons. The Morgan fingerprint density at radius 3 is 2.94 bits per heavy atom. The van der Waals surface area contributed by atoms with E-state index in [9.17, 15) is 4.79 Å². The summed E-state index contributed by atoms with van der Waals surface area (Å²) in [7, 11) is 0. The van der Waals surface area contributed by atoms with Crippen LogP contribution in [0.25, 0.3) is 11.5 Å². The molecule has 0 saturated heterocycles. The van der Waals surface area contributed by atoms with E-state index in [-0.39, 0.29) is 0 Å². The zero-order chi connectivity index (χ0) is 11.0. The molecule has 5 heteroatoms. The molecule has 0 amide bonds. The van der Waals surface area contributed by atoms with Crippen LogP contribution >= 0.6 is 0 Å². The molecule has 0 aliphatic heterocycles. The first-order valence-corrected chi connectivity index (χ1v) is 5.11. The Morgan fingerprint density at radius 2 is 2.19 bits per heavy atom. The molecule has 0 unspecified atom stereocenters. The van der Waals surface area contributed by atoms with Gasteiger partial charge in [-0.15, -0.1) is 10.2 Å². The quantitative estimate of drug-likeness (QED) is 0.730. The van der Waals surface area contributed by atoms with Gasteiger partial charge in [-0.05, 0) is 18.9 Å². The molecule has 1 aliphatic carbocycles. The monoisotopic (exact) mass is 215 g/mol. The minimum Gasteiger partial charge on any atom is -0.420 e. The first kappa shape index (κ1) is 9.21. The number of hydrogen-bond acceptors (Lipinski definition) is 5. The van der Waals surface area contributed by atoms with Gasteiger partial charge in [-0.1, -0.05) is 0 Å². The third-order valence-electron chi connectivity index (χ3n) is 2.51. The van der Waals surface area contributed by atoms with Crippen molar-refractivity contribution < 1.29 is 9.21 Å². The summed E-state index contributed by atoms with van der Waals surface area (Å²) < 4.78 is 5.51. The molecule has 0 atom stereocenters. The number of hydrogen-bond donors (Lipinski definition) is 0. The van der Waals surface area contributed by atoms with Gasteiger partial charge in [-0.3, -0.25) is 9.78 Å². The molecule has 0 aromatic carbocycles. The zero-order valence-corrected chi connectivity index (χ0v) is 8.46. The summed E-state index contributed by atoms with van der Waals surface area (Å²) in [4.78, 5) is 14.5. The molecule has 0 N–H and O–H groups in total. The SMILES string of the molecule is O=Cc1cncc(-c2nnc(C3CC3)o2)c1. The molecule has 0 spiro atoms. The number of pyridine rings is 1. The smallest absolute Gasteiger partial charge is 0.249 e. The van der Waals surface area contributed by atoms with E-state index in [0.717, 1.165) is 19.1 Å². The molecule has 16 heavy (non-hydrogen) atoms. The first-order valence-electron chi connectivity index (χ1n) is 5.11. The van der Waals surface area contributed by atoms with E-state index in [4.69, 9.17) is 4.42 Å². The number of carbonyl (C=O) groups is 1. The summed E-state index contributed by atoms with van der Waals surface area (Å²) in [5.74, 6) is 1.55. The highest BCUT2D eigenvalue weighted by atomic mass is 16.4. The molecule has 3 rings (SSSR count). The lowest BCUT2D eigenvalue weighted by atomic mass is 10.2. The van der Waals surface area contributed by atoms with Crippen molar-refractivity contribution in [3.8, 4) is 11.5 Å². The Bertz CT molecular complexity index is 532. The Morgan fingerprint density at radius 1 is 1.31 bits per heavy atom. The van der Waals surface area contributed by atoms with Gasteiger partial charge in [0.05, 0.1) is 5.56 Å². The molecule has 0 bridgehead atoms. The maximum atomic E-state index is 10.6. The van der Waals surface area contributed by atoms with E-state index < -0.39 is 0 Å². The molecule has 1 saturated carbocycles. The van der Waals surface area contributed by atoms with Gasteiger partial charge < -0.3 is 4.42 Å². The summed E-state index contributed by atoms with van der Waals surface area (Å²) >= 11 is 0. The van der Waals surface area contributed by atoms with Gasteiger partial charge in [-0.25, -0.2) is 0 Å². The molecule has 1 fully saturated rings. The van der Waals surface area contributed by atoms with Crippen LogP contribution in [0.3, 0.4) is 0 Å². The van der Waals surface area contributed by atoms with Gasteiger partial charge in [0, 0.05) is 23.9 Å². The summed E-state index contributed by atoms with van der Waals surface area (Å²) in [6.07, 6.45) is 6.09. The van der Waals surface area contributed by atoms with Gasteiger partial charge in [0.2, 0.25) is 11.8 Å². The summed E-state index contributed by atoms with van der Waals surface area (Å²) in [6, 6.07) is 1.68. The van der Waals surface area contributed by atoms with Gasteiger partial charge in [0.1, 0.15) is 0 Å². The summed E-state index contributed by atoms with van der Waals surface area (Å²) in [6.45, 7) is 0. The van der Waals surface area contributed by atoms with Crippen LogP contribution in [0.15, 0.2) is 22.9 Å². The van der Waals surface area contributed by atoms with Crippen LogP contribution in [0, 0.1) is 0 Å². The van der Waals surface area contributed by atoms with Crippen LogP contribution in [-0.2, 0) is 0 Å². The summed E-state index contributed by atoms with van der Waals surface area (Å²) in [5.41, 5.74) is 1.19. The Labute approximate surface area is 91.5 Å². The number of aromatic nitrogens is 3. The van der Waals surface area contributed by atoms with Crippen molar-refractivity contribution in [2.24, 2.45) is 0 Å². The standard InChI is InChI=1S/C11H9N3O2/c15-6-7-3-9(5-12-4-7)11-14-13-10(16-11)8-1-2-8/h3-6,8H,1-2H2. The van der Waals surface area contributed by atoms with Crippen molar-refractivity contribution in [1.29, 1.82) is 0 Å². The first-order chi connectivity index (χ1) is 7.86. The van der Waals surface area contributed by atoms with Crippen LogP contribution in [-0.4, -0.2) is 21.5 Å². The fraction of sp³-hybridized carbons (Fsp3) is 0.273. The van der Waals surface area contributed by atoms with Crippen LogP contribution < -0.4 is 0 Å². The summed E-state index contributed by atoms with van der Waals surface area (Å²) in [5, 5.41) is 7.93. The number of aldehydes is 1. The van der Waals surface area contributed by atoms with E-state index in [2.05, 4.69) is 15.2 Å². The third kappa shape index (κ3) is 1.60. The number of nitrogens with zero attached hydrogens (tertiary/aromatic N) is 3. The van der Waals surface area contributed by atoms with E-state index in [1.54, 1.807) is 12.3 Å². The van der Waals surface area contributed by atoms with E-state index >= 15 is 0 Å². The van der Waals surface area contributed by atoms with Gasteiger partial charge in [-0.2, -0.15) is 0 Å². The highest BCUT2D eigenvalue weighted by Gasteiger charge is 2.29. The lowest BCUT2D eigenvalue weighted by molar-refractivity contribution is 0.112. The zero-order valence-electron chi connectivity index (χ0n) is 8.46. The minimum atomic E-state index is 0.429. The second kappa shape index (κ2) is 3.52. The molecular formula is C11H9N3O2. The van der Waals surface area contributed by atoms with Gasteiger partial charge in [0.15, 0.2) is 6.29 Å². The molecule has 2 heterocycles. The average molecular weight is 215 g/mol. The predicted octanol–water partition coefficient (Wildman–Crippen LogP) is 1.82. The number of rotatable bonds is 3. The fourth-order valence-corrected chi connectivity index (χ4v) is 1.49. The highest BCUT2D eigenvalue weighted by Crippen LogP contribution is 2.39. The molecule has 2 aromatic rings. The Hall–Kier alpha value is -2.04. The van der Waals surface area contributed by atoms with Crippen LogP contribution in [0.4, 0.5) is 0 Å². The average Bonchev–Trinajstić information content (AvgIpc) is 3.07. The van der Waals surface area contributed by atoms with Crippen molar-refractivity contribution in [1.82, 2.24) is 15.2 Å². The van der Waals surface area contributed by atoms with E-state index in [1.807, 2.05) is 0 Å². The highest BCUT2D eigenvalue weighted by molar-refractivity contribution is 5.76. The van der Waals surface area contributed by atoms with Crippen molar-refractivity contribution >= 4 is 6.29 Å². The molecule has 0 radical (unpaired) electrons. The normalized spacial score (nSPS) is 15.0. The molecule has 1 aliphatic rings. The van der Waals surface area contributed by atoms with Gasteiger partial charge >= 0.3 is 0 Å². The van der Waals surface area contributed by atoms with E-state index in [0.29, 0.717) is 28.8 Å². The second-order valence-electron chi connectivity index (χ2n) is 3.84. The molecule has 2 aromatic heterocycles. The second-order valence-corrected chi connectivity index (χ2v) is 3.84. The lowest BCUT2D eigenvalue weighted by Gasteiger charge is -1.94. The minimum absolute atomic E-state index is 0.429. The van der Waals surface area contributed by atoms with Gasteiger partial charge in [0.25, 0.3) is 0 Å². The topological polar surface area (TPSA) is 68.9 Å². The maximum Gasteiger partial charge on any atom is 0.249 e. The fourth-order valence-electron chi connectivity index (χ4n) is 1.49. The molecule has 5 nitrogen and oxygen atoms in total. The van der Waals surface area contributed by atoms with Crippen LogP contribution in [0.1, 0.15) is 35.0 Å². The largest absolute Gasteiger partial charge is 0.420 e. The van der Waals surface area contributed by atoms with Crippen LogP contribution in [0.5, 0.6) is 0 Å². The third-order valence-corrected chi connectivity index (χ3v) is 2.51.